The van der Waals surface area contributed by atoms with Crippen LogP contribution >= 0.6 is 0 Å². The van der Waals surface area contributed by atoms with Gasteiger partial charge in [0.1, 0.15) is 5.75 Å². The van der Waals surface area contributed by atoms with Gasteiger partial charge in [0.25, 0.3) is 0 Å². The molecule has 0 unspecified atom stereocenters. The zero-order valence-electron chi connectivity index (χ0n) is 8.20. The molecule has 0 atom stereocenters. The minimum absolute atomic E-state index is 0.129. The summed E-state index contributed by atoms with van der Waals surface area (Å²) in [6, 6.07) is 5.41. The van der Waals surface area contributed by atoms with Crippen molar-refractivity contribution in [3.63, 3.8) is 0 Å². The number of ether oxygens (including phenoxy) is 1. The number of anilines is 1. The minimum Gasteiger partial charge on any atom is -0.497 e. The van der Waals surface area contributed by atoms with Crippen molar-refractivity contribution in [3.8, 4) is 5.75 Å². The van der Waals surface area contributed by atoms with E-state index in [4.69, 9.17) is 4.74 Å². The zero-order valence-corrected chi connectivity index (χ0v) is 8.20. The molecule has 0 saturated carbocycles. The predicted octanol–water partition coefficient (Wildman–Crippen LogP) is 1.15. The van der Waals surface area contributed by atoms with Crippen molar-refractivity contribution in [2.45, 2.75) is 0 Å². The molecule has 0 aliphatic carbocycles. The van der Waals surface area contributed by atoms with Gasteiger partial charge in [-0.25, -0.2) is 5.01 Å². The van der Waals surface area contributed by atoms with Crippen molar-refractivity contribution in [2.24, 2.45) is 0 Å². The first-order valence-electron chi connectivity index (χ1n) is 4.40. The van der Waals surface area contributed by atoms with Gasteiger partial charge in [-0.2, -0.15) is 0 Å². The van der Waals surface area contributed by atoms with Gasteiger partial charge in [0.2, 0.25) is 0 Å². The van der Waals surface area contributed by atoms with Gasteiger partial charge in [-0.05, 0) is 12.1 Å². The maximum absolute atomic E-state index is 11.6. The fourth-order valence-electron chi connectivity index (χ4n) is 1.53. The van der Waals surface area contributed by atoms with Gasteiger partial charge >= 0.3 is 0 Å². The quantitative estimate of drug-likeness (QED) is 0.724. The first kappa shape index (κ1) is 9.02. The number of likely N-dealkylation sites (N-methyl/N-ethyl adjacent to an activating group) is 1. The third kappa shape index (κ3) is 1.44. The van der Waals surface area contributed by atoms with E-state index in [0.717, 1.165) is 17.0 Å². The topological polar surface area (TPSA) is 41.6 Å². The van der Waals surface area contributed by atoms with E-state index >= 15 is 0 Å². The summed E-state index contributed by atoms with van der Waals surface area (Å²) in [5.74, 6) is 0.878. The number of carbonyl (C=O) groups excluding carboxylic acids is 1. The van der Waals surface area contributed by atoms with Gasteiger partial charge in [-0.1, -0.05) is 0 Å². The molecule has 4 nitrogen and oxygen atoms in total. The van der Waals surface area contributed by atoms with E-state index in [1.807, 2.05) is 13.1 Å². The Morgan fingerprint density at radius 3 is 3.00 bits per heavy atom. The van der Waals surface area contributed by atoms with Crippen molar-refractivity contribution >= 4 is 11.5 Å². The second-order valence-electron chi connectivity index (χ2n) is 3.30. The van der Waals surface area contributed by atoms with Crippen LogP contribution in [0.4, 0.5) is 5.69 Å². The molecule has 2 rings (SSSR count). The molecule has 1 aliphatic heterocycles. The Bertz CT molecular complexity index is 376. The summed E-state index contributed by atoms with van der Waals surface area (Å²) in [6.07, 6.45) is 0. The molecule has 1 aromatic carbocycles. The van der Waals surface area contributed by atoms with E-state index in [9.17, 15) is 4.79 Å². The Morgan fingerprint density at radius 2 is 2.29 bits per heavy atom. The number of benzene rings is 1. The highest BCUT2D eigenvalue weighted by atomic mass is 16.5. The molecule has 0 saturated heterocycles. The lowest BCUT2D eigenvalue weighted by molar-refractivity contribution is 0.0947. The maximum atomic E-state index is 11.6. The Labute approximate surface area is 82.4 Å². The first-order valence-corrected chi connectivity index (χ1v) is 4.40. The highest BCUT2D eigenvalue weighted by Gasteiger charge is 2.20. The summed E-state index contributed by atoms with van der Waals surface area (Å²) >= 11 is 0. The van der Waals surface area contributed by atoms with Gasteiger partial charge in [0, 0.05) is 18.7 Å². The van der Waals surface area contributed by atoms with Crippen LogP contribution in [0.2, 0.25) is 0 Å². The second-order valence-corrected chi connectivity index (χ2v) is 3.30. The lowest BCUT2D eigenvalue weighted by atomic mass is 10.1. The van der Waals surface area contributed by atoms with Crippen LogP contribution in [0.1, 0.15) is 10.4 Å². The second kappa shape index (κ2) is 3.31. The first-order chi connectivity index (χ1) is 6.70. The van der Waals surface area contributed by atoms with Crippen molar-refractivity contribution in [2.75, 3.05) is 26.1 Å². The molecule has 0 radical (unpaired) electrons. The van der Waals surface area contributed by atoms with Crippen LogP contribution in [-0.4, -0.2) is 31.5 Å². The number of hydrogen-bond donors (Lipinski definition) is 1. The van der Waals surface area contributed by atoms with E-state index in [0.29, 0.717) is 6.54 Å². The maximum Gasteiger partial charge on any atom is 0.180 e. The number of ketones is 1. The number of carbonyl (C=O) groups is 1. The fraction of sp³-hybridized carbons (Fsp3) is 0.300. The molecule has 0 amide bonds. The number of methoxy groups -OCH3 is 1. The van der Waals surface area contributed by atoms with Crippen molar-refractivity contribution < 1.29 is 9.53 Å². The molecule has 0 bridgehead atoms. The minimum atomic E-state index is 0.129. The third-order valence-corrected chi connectivity index (χ3v) is 2.22. The molecule has 0 fully saturated rings. The molecular formula is C10H12N2O2. The molecule has 1 heterocycles. The molecule has 1 N–H and O–H groups in total. The van der Waals surface area contributed by atoms with E-state index < -0.39 is 0 Å². The summed E-state index contributed by atoms with van der Waals surface area (Å²) in [7, 11) is 3.44. The molecule has 4 heteroatoms. The van der Waals surface area contributed by atoms with Crippen LogP contribution < -0.4 is 10.2 Å². The summed E-state index contributed by atoms with van der Waals surface area (Å²) < 4.78 is 5.08. The summed E-state index contributed by atoms with van der Waals surface area (Å²) in [4.78, 5) is 11.6. The largest absolute Gasteiger partial charge is 0.497 e. The van der Waals surface area contributed by atoms with Crippen LogP contribution in [-0.2, 0) is 0 Å². The van der Waals surface area contributed by atoms with Gasteiger partial charge in [-0.3, -0.25) is 4.79 Å². The van der Waals surface area contributed by atoms with Crippen LogP contribution in [0.5, 0.6) is 5.75 Å². The zero-order chi connectivity index (χ0) is 10.1. The highest BCUT2D eigenvalue weighted by molar-refractivity contribution is 6.04. The number of hydrazine groups is 1. The van der Waals surface area contributed by atoms with Crippen molar-refractivity contribution in [1.29, 1.82) is 0 Å². The van der Waals surface area contributed by atoms with E-state index in [-0.39, 0.29) is 5.78 Å². The number of Topliss-reactive ketones (excluding diaryl/α,β-unsaturated/α-hetero) is 1. The highest BCUT2D eigenvalue weighted by Crippen LogP contribution is 2.25. The monoisotopic (exact) mass is 192 g/mol. The number of nitrogens with zero attached hydrogens (tertiary/aromatic N) is 1. The predicted molar refractivity (Wildman–Crippen MR) is 53.6 cm³/mol. The standard InChI is InChI=1S/C10H12N2O2/c1-12-6-10(13)8-4-3-7(14-2)5-9(8)11-12/h3-5,11H,6H2,1-2H3. The Morgan fingerprint density at radius 1 is 1.50 bits per heavy atom. The van der Waals surface area contributed by atoms with E-state index in [1.54, 1.807) is 24.3 Å². The van der Waals surface area contributed by atoms with E-state index in [2.05, 4.69) is 5.43 Å². The van der Waals surface area contributed by atoms with E-state index in [1.165, 1.54) is 0 Å². The van der Waals surface area contributed by atoms with Gasteiger partial charge < -0.3 is 10.2 Å². The number of nitrogens with one attached hydrogen (secondary N) is 1. The third-order valence-electron chi connectivity index (χ3n) is 2.22. The summed E-state index contributed by atoms with van der Waals surface area (Å²) in [5.41, 5.74) is 4.63. The van der Waals surface area contributed by atoms with Crippen LogP contribution in [0.25, 0.3) is 0 Å². The molecule has 0 spiro atoms. The van der Waals surface area contributed by atoms with Crippen LogP contribution in [0.3, 0.4) is 0 Å². The number of rotatable bonds is 1. The smallest absolute Gasteiger partial charge is 0.180 e. The Balaban J connectivity index is 2.44. The summed E-state index contributed by atoms with van der Waals surface area (Å²) in [6.45, 7) is 0.402. The number of hydrogen-bond acceptors (Lipinski definition) is 4. The Kier molecular flexibility index (Phi) is 2.13. The molecule has 1 aliphatic rings. The average Bonchev–Trinajstić information content (AvgIpc) is 2.16. The lowest BCUT2D eigenvalue weighted by Crippen LogP contribution is -2.36. The van der Waals surface area contributed by atoms with Crippen LogP contribution in [0.15, 0.2) is 18.2 Å². The molecule has 14 heavy (non-hydrogen) atoms. The molecular weight excluding hydrogens is 180 g/mol. The van der Waals surface area contributed by atoms with Gasteiger partial charge in [-0.15, -0.1) is 0 Å². The van der Waals surface area contributed by atoms with Gasteiger partial charge in [0.05, 0.1) is 19.3 Å². The Hall–Kier alpha value is -1.55. The van der Waals surface area contributed by atoms with Crippen molar-refractivity contribution in [3.05, 3.63) is 23.8 Å². The molecule has 1 aromatic rings. The molecule has 74 valence electrons. The normalized spacial score (nSPS) is 16.0. The lowest BCUT2D eigenvalue weighted by Gasteiger charge is -2.26. The van der Waals surface area contributed by atoms with Crippen LogP contribution in [0, 0.1) is 0 Å². The summed E-state index contributed by atoms with van der Waals surface area (Å²) in [5, 5.41) is 1.75. The van der Waals surface area contributed by atoms with Gasteiger partial charge in [0.15, 0.2) is 5.78 Å². The van der Waals surface area contributed by atoms with Crippen molar-refractivity contribution in [1.82, 2.24) is 5.01 Å². The SMILES string of the molecule is COc1ccc2c(c1)NN(C)CC2=O. The average molecular weight is 192 g/mol. The fourth-order valence-corrected chi connectivity index (χ4v) is 1.53. The molecule has 0 aromatic heterocycles. The number of fused-ring (bicyclic) bond motifs is 1.